The van der Waals surface area contributed by atoms with E-state index in [1.165, 1.54) is 6.07 Å². The molecule has 18 heavy (non-hydrogen) atoms. The highest BCUT2D eigenvalue weighted by molar-refractivity contribution is 5.83. The smallest absolute Gasteiger partial charge is 0.201 e. The Morgan fingerprint density at radius 2 is 1.33 bits per heavy atom. The Labute approximate surface area is 104 Å². The first-order valence-electron chi connectivity index (χ1n) is 5.47. The third-order valence-electron chi connectivity index (χ3n) is 3.15. The van der Waals surface area contributed by atoms with Gasteiger partial charge in [0.1, 0.15) is 5.75 Å². The van der Waals surface area contributed by atoms with E-state index < -0.39 is 11.5 Å². The average molecular weight is 246 g/mol. The molecule has 0 saturated carbocycles. The fraction of sp³-hybridized carbons (Fsp3) is 0.143. The van der Waals surface area contributed by atoms with E-state index in [1.54, 1.807) is 32.0 Å². The Morgan fingerprint density at radius 3 is 1.94 bits per heavy atom. The van der Waals surface area contributed by atoms with Crippen molar-refractivity contribution in [1.82, 2.24) is 0 Å². The zero-order valence-corrected chi connectivity index (χ0v) is 10.1. The van der Waals surface area contributed by atoms with Crippen LogP contribution in [0.5, 0.6) is 23.0 Å². The molecule has 0 unspecified atom stereocenters. The Bertz CT molecular complexity index is 588. The summed E-state index contributed by atoms with van der Waals surface area (Å²) in [6, 6.07) is 6.51. The van der Waals surface area contributed by atoms with Crippen molar-refractivity contribution in [3.8, 4) is 34.1 Å². The molecule has 0 bridgehead atoms. The first-order valence-corrected chi connectivity index (χ1v) is 5.47. The van der Waals surface area contributed by atoms with Crippen LogP contribution in [0.3, 0.4) is 0 Å². The molecule has 0 aliphatic rings. The molecule has 0 aliphatic carbocycles. The number of aromatic hydroxyl groups is 4. The molecule has 0 aliphatic heterocycles. The molecule has 4 heteroatoms. The fourth-order valence-electron chi connectivity index (χ4n) is 1.97. The van der Waals surface area contributed by atoms with Gasteiger partial charge in [0, 0.05) is 11.1 Å². The molecule has 2 rings (SSSR count). The van der Waals surface area contributed by atoms with Crippen LogP contribution in [-0.4, -0.2) is 20.4 Å². The third kappa shape index (κ3) is 1.62. The second kappa shape index (κ2) is 4.14. The molecule has 0 radical (unpaired) electrons. The molecular weight excluding hydrogens is 232 g/mol. The lowest BCUT2D eigenvalue weighted by Gasteiger charge is -2.15. The fourth-order valence-corrected chi connectivity index (χ4v) is 1.97. The van der Waals surface area contributed by atoms with Gasteiger partial charge in [0.2, 0.25) is 5.75 Å². The van der Waals surface area contributed by atoms with Gasteiger partial charge in [0.15, 0.2) is 11.5 Å². The molecule has 2 aromatic rings. The Kier molecular flexibility index (Phi) is 2.79. The van der Waals surface area contributed by atoms with Crippen molar-refractivity contribution in [1.29, 1.82) is 0 Å². The van der Waals surface area contributed by atoms with Gasteiger partial charge in [0.05, 0.1) is 0 Å². The van der Waals surface area contributed by atoms with E-state index in [9.17, 15) is 20.4 Å². The first-order chi connectivity index (χ1) is 8.45. The van der Waals surface area contributed by atoms with E-state index >= 15 is 0 Å². The van der Waals surface area contributed by atoms with Crippen molar-refractivity contribution in [2.24, 2.45) is 0 Å². The van der Waals surface area contributed by atoms with Crippen molar-refractivity contribution in [2.75, 3.05) is 0 Å². The lowest BCUT2D eigenvalue weighted by atomic mass is 9.94. The van der Waals surface area contributed by atoms with Crippen LogP contribution >= 0.6 is 0 Å². The molecule has 0 atom stereocenters. The molecule has 0 heterocycles. The number of hydrogen-bond acceptors (Lipinski definition) is 4. The second-order valence-corrected chi connectivity index (χ2v) is 4.19. The monoisotopic (exact) mass is 246 g/mol. The van der Waals surface area contributed by atoms with Crippen LogP contribution in [0.4, 0.5) is 0 Å². The summed E-state index contributed by atoms with van der Waals surface area (Å²) in [6.07, 6.45) is 0. The topological polar surface area (TPSA) is 80.9 Å². The Morgan fingerprint density at radius 1 is 0.722 bits per heavy atom. The van der Waals surface area contributed by atoms with E-state index in [-0.39, 0.29) is 11.5 Å². The summed E-state index contributed by atoms with van der Waals surface area (Å²) < 4.78 is 0. The van der Waals surface area contributed by atoms with Crippen LogP contribution in [0.15, 0.2) is 24.3 Å². The van der Waals surface area contributed by atoms with Gasteiger partial charge < -0.3 is 20.4 Å². The van der Waals surface area contributed by atoms with Crippen LogP contribution < -0.4 is 0 Å². The minimum absolute atomic E-state index is 0.000361. The van der Waals surface area contributed by atoms with Gasteiger partial charge >= 0.3 is 0 Å². The first kappa shape index (κ1) is 12.1. The molecule has 0 fully saturated rings. The summed E-state index contributed by atoms with van der Waals surface area (Å²) in [6.45, 7) is 3.34. The predicted molar refractivity (Wildman–Crippen MR) is 68.0 cm³/mol. The third-order valence-corrected chi connectivity index (χ3v) is 3.15. The number of phenols is 4. The van der Waals surface area contributed by atoms with Crippen LogP contribution in [0.1, 0.15) is 11.1 Å². The lowest BCUT2D eigenvalue weighted by Crippen LogP contribution is -1.91. The van der Waals surface area contributed by atoms with Crippen LogP contribution in [0.25, 0.3) is 11.1 Å². The normalized spacial score (nSPS) is 10.6. The highest BCUT2D eigenvalue weighted by Crippen LogP contribution is 2.48. The minimum Gasteiger partial charge on any atom is -0.507 e. The molecule has 94 valence electrons. The van der Waals surface area contributed by atoms with Gasteiger partial charge in [0.25, 0.3) is 0 Å². The Hall–Kier alpha value is -2.36. The molecule has 4 N–H and O–H groups in total. The van der Waals surface area contributed by atoms with E-state index in [2.05, 4.69) is 0 Å². The van der Waals surface area contributed by atoms with E-state index in [4.69, 9.17) is 0 Å². The predicted octanol–water partition coefficient (Wildman–Crippen LogP) is 2.79. The van der Waals surface area contributed by atoms with E-state index in [1.807, 2.05) is 0 Å². The molecule has 2 aromatic carbocycles. The minimum atomic E-state index is -0.573. The maximum atomic E-state index is 9.94. The van der Waals surface area contributed by atoms with Crippen LogP contribution in [-0.2, 0) is 0 Å². The van der Waals surface area contributed by atoms with E-state index in [0.29, 0.717) is 22.3 Å². The number of para-hydroxylation sites is 1. The molecule has 0 spiro atoms. The number of phenolic OH excluding ortho intramolecular Hbond substituents is 4. The SMILES string of the molecule is Cc1c(C)c(-c2ccccc2O)c(O)c(O)c1O. The average Bonchev–Trinajstić information content (AvgIpc) is 2.36. The maximum absolute atomic E-state index is 9.94. The Balaban J connectivity index is 2.85. The summed E-state index contributed by atoms with van der Waals surface area (Å²) in [7, 11) is 0. The molecule has 4 nitrogen and oxygen atoms in total. The zero-order valence-electron chi connectivity index (χ0n) is 10.1. The van der Waals surface area contributed by atoms with Gasteiger partial charge in [-0.25, -0.2) is 0 Å². The van der Waals surface area contributed by atoms with Crippen molar-refractivity contribution < 1.29 is 20.4 Å². The quantitative estimate of drug-likeness (QED) is 0.583. The zero-order chi connectivity index (χ0) is 13.4. The van der Waals surface area contributed by atoms with E-state index in [0.717, 1.165) is 0 Å². The van der Waals surface area contributed by atoms with Crippen molar-refractivity contribution >= 4 is 0 Å². The lowest BCUT2D eigenvalue weighted by molar-refractivity contribution is 0.366. The molecule has 0 amide bonds. The molecule has 0 aromatic heterocycles. The second-order valence-electron chi connectivity index (χ2n) is 4.19. The van der Waals surface area contributed by atoms with Crippen molar-refractivity contribution in [3.05, 3.63) is 35.4 Å². The van der Waals surface area contributed by atoms with Gasteiger partial charge in [-0.2, -0.15) is 0 Å². The highest BCUT2D eigenvalue weighted by Gasteiger charge is 2.21. The highest BCUT2D eigenvalue weighted by atomic mass is 16.3. The molecular formula is C14H14O4. The largest absolute Gasteiger partial charge is 0.507 e. The summed E-state index contributed by atoms with van der Waals surface area (Å²) >= 11 is 0. The number of rotatable bonds is 1. The standard InChI is InChI=1S/C14H14O4/c1-7-8(2)12(16)14(18)13(17)11(7)9-5-3-4-6-10(9)15/h3-6,15-18H,1-2H3. The van der Waals surface area contributed by atoms with Crippen molar-refractivity contribution in [2.45, 2.75) is 13.8 Å². The number of hydrogen-bond donors (Lipinski definition) is 4. The number of benzene rings is 2. The maximum Gasteiger partial charge on any atom is 0.201 e. The molecule has 0 saturated heterocycles. The summed E-state index contributed by atoms with van der Waals surface area (Å²) in [5.74, 6) is -1.35. The van der Waals surface area contributed by atoms with Crippen LogP contribution in [0, 0.1) is 13.8 Å². The van der Waals surface area contributed by atoms with Gasteiger partial charge in [-0.15, -0.1) is 0 Å². The van der Waals surface area contributed by atoms with Gasteiger partial charge in [-0.3, -0.25) is 0 Å². The summed E-state index contributed by atoms with van der Waals surface area (Å²) in [5, 5.41) is 39.0. The van der Waals surface area contributed by atoms with Gasteiger partial charge in [-0.1, -0.05) is 18.2 Å². The van der Waals surface area contributed by atoms with Gasteiger partial charge in [-0.05, 0) is 31.0 Å². The van der Waals surface area contributed by atoms with Crippen molar-refractivity contribution in [3.63, 3.8) is 0 Å². The summed E-state index contributed by atoms with van der Waals surface area (Å²) in [5.41, 5.74) is 1.79. The summed E-state index contributed by atoms with van der Waals surface area (Å²) in [4.78, 5) is 0. The van der Waals surface area contributed by atoms with Crippen LogP contribution in [0.2, 0.25) is 0 Å².